The Morgan fingerprint density at radius 1 is 1.00 bits per heavy atom. The van der Waals surface area contributed by atoms with Gasteiger partial charge in [-0.05, 0) is 37.3 Å². The SMILES string of the molecule is COc1cccc(OC)c1OCCN1CCOc2nc3c(cc2C1)c(C)nn3-c1ccccc1. The van der Waals surface area contributed by atoms with Crippen molar-refractivity contribution >= 4 is 11.0 Å². The Kier molecular flexibility index (Phi) is 6.22. The molecular formula is C26H28N4O4. The van der Waals surface area contributed by atoms with Crippen molar-refractivity contribution in [3.8, 4) is 28.8 Å². The van der Waals surface area contributed by atoms with Crippen molar-refractivity contribution in [2.45, 2.75) is 13.5 Å². The zero-order valence-electron chi connectivity index (χ0n) is 19.7. The Morgan fingerprint density at radius 3 is 2.50 bits per heavy atom. The van der Waals surface area contributed by atoms with Gasteiger partial charge in [0.15, 0.2) is 17.1 Å². The second kappa shape index (κ2) is 9.61. The molecular weight excluding hydrogens is 432 g/mol. The number of methoxy groups -OCH3 is 2. The van der Waals surface area contributed by atoms with Gasteiger partial charge in [-0.15, -0.1) is 0 Å². The summed E-state index contributed by atoms with van der Waals surface area (Å²) >= 11 is 0. The van der Waals surface area contributed by atoms with Crippen LogP contribution in [0.15, 0.2) is 54.6 Å². The highest BCUT2D eigenvalue weighted by atomic mass is 16.5. The summed E-state index contributed by atoms with van der Waals surface area (Å²) < 4.78 is 24.8. The van der Waals surface area contributed by atoms with Crippen LogP contribution in [-0.4, -0.2) is 60.2 Å². The van der Waals surface area contributed by atoms with Crippen LogP contribution in [0, 0.1) is 6.92 Å². The molecule has 0 aliphatic carbocycles. The number of aryl methyl sites for hydroxylation is 1. The molecule has 3 heterocycles. The monoisotopic (exact) mass is 460 g/mol. The van der Waals surface area contributed by atoms with Gasteiger partial charge in [-0.3, -0.25) is 4.90 Å². The third-order valence-corrected chi connectivity index (χ3v) is 5.96. The fraction of sp³-hybridized carbons (Fsp3) is 0.308. The predicted octanol–water partition coefficient (Wildman–Crippen LogP) is 4.02. The minimum Gasteiger partial charge on any atom is -0.493 e. The standard InChI is InChI=1S/C26H28N4O4/c1-18-21-16-19-17-29(12-14-33-24-22(31-2)10-7-11-23(24)32-3)13-15-34-26(19)27-25(21)30(28-18)20-8-5-4-6-9-20/h4-11,16H,12-15,17H2,1-3H3. The van der Waals surface area contributed by atoms with E-state index in [0.717, 1.165) is 47.6 Å². The number of hydrogen-bond acceptors (Lipinski definition) is 7. The average Bonchev–Trinajstić information content (AvgIpc) is 3.05. The maximum Gasteiger partial charge on any atom is 0.220 e. The third kappa shape index (κ3) is 4.24. The van der Waals surface area contributed by atoms with Crippen molar-refractivity contribution in [1.82, 2.24) is 19.7 Å². The molecule has 8 heteroatoms. The molecule has 0 radical (unpaired) electrons. The van der Waals surface area contributed by atoms with Crippen molar-refractivity contribution in [3.05, 3.63) is 65.9 Å². The molecule has 5 rings (SSSR count). The van der Waals surface area contributed by atoms with Crippen LogP contribution in [0.2, 0.25) is 0 Å². The number of pyridine rings is 1. The molecule has 176 valence electrons. The summed E-state index contributed by atoms with van der Waals surface area (Å²) in [5.41, 5.74) is 3.78. The predicted molar refractivity (Wildman–Crippen MR) is 129 cm³/mol. The molecule has 1 aliphatic rings. The van der Waals surface area contributed by atoms with Gasteiger partial charge >= 0.3 is 0 Å². The van der Waals surface area contributed by atoms with Gasteiger partial charge in [0.05, 0.1) is 25.6 Å². The molecule has 0 amide bonds. The maximum absolute atomic E-state index is 6.06. The van der Waals surface area contributed by atoms with Gasteiger partial charge in [0.25, 0.3) is 0 Å². The Bertz CT molecular complexity index is 1270. The number of rotatable bonds is 7. The van der Waals surface area contributed by atoms with E-state index in [-0.39, 0.29) is 0 Å². The summed E-state index contributed by atoms with van der Waals surface area (Å²) in [7, 11) is 3.25. The van der Waals surface area contributed by atoms with Gasteiger partial charge in [0.1, 0.15) is 13.2 Å². The first-order valence-electron chi connectivity index (χ1n) is 11.3. The highest BCUT2D eigenvalue weighted by Gasteiger charge is 2.21. The van der Waals surface area contributed by atoms with Gasteiger partial charge in [-0.25, -0.2) is 4.68 Å². The number of nitrogens with zero attached hydrogens (tertiary/aromatic N) is 4. The molecule has 2 aromatic carbocycles. The normalized spacial score (nSPS) is 13.7. The van der Waals surface area contributed by atoms with E-state index in [1.54, 1.807) is 14.2 Å². The van der Waals surface area contributed by atoms with Crippen LogP contribution < -0.4 is 18.9 Å². The highest BCUT2D eigenvalue weighted by Crippen LogP contribution is 2.36. The van der Waals surface area contributed by atoms with Crippen molar-refractivity contribution < 1.29 is 18.9 Å². The highest BCUT2D eigenvalue weighted by molar-refractivity contribution is 5.81. The van der Waals surface area contributed by atoms with E-state index in [2.05, 4.69) is 11.0 Å². The maximum atomic E-state index is 6.06. The first kappa shape index (κ1) is 22.0. The molecule has 1 aliphatic heterocycles. The molecule has 4 aromatic rings. The van der Waals surface area contributed by atoms with Gasteiger partial charge in [0, 0.05) is 30.6 Å². The zero-order valence-corrected chi connectivity index (χ0v) is 19.7. The van der Waals surface area contributed by atoms with E-state index in [9.17, 15) is 0 Å². The van der Waals surface area contributed by atoms with E-state index in [1.165, 1.54) is 0 Å². The smallest absolute Gasteiger partial charge is 0.220 e. The first-order valence-corrected chi connectivity index (χ1v) is 11.3. The minimum atomic E-state index is 0.493. The Balaban J connectivity index is 1.34. The van der Waals surface area contributed by atoms with E-state index in [1.807, 2.05) is 60.1 Å². The third-order valence-electron chi connectivity index (χ3n) is 5.96. The van der Waals surface area contributed by atoms with Crippen LogP contribution in [0.3, 0.4) is 0 Å². The summed E-state index contributed by atoms with van der Waals surface area (Å²) in [6.07, 6.45) is 0. The number of fused-ring (bicyclic) bond motifs is 2. The lowest BCUT2D eigenvalue weighted by Gasteiger charge is -2.20. The summed E-state index contributed by atoms with van der Waals surface area (Å²) in [4.78, 5) is 7.17. The van der Waals surface area contributed by atoms with Gasteiger partial charge in [-0.2, -0.15) is 10.1 Å². The molecule has 0 atom stereocenters. The average molecular weight is 461 g/mol. The molecule has 0 bridgehead atoms. The summed E-state index contributed by atoms with van der Waals surface area (Å²) in [5.74, 6) is 2.59. The fourth-order valence-corrected chi connectivity index (χ4v) is 4.21. The summed E-state index contributed by atoms with van der Waals surface area (Å²) in [6.45, 7) is 5.29. The van der Waals surface area contributed by atoms with Crippen molar-refractivity contribution in [2.24, 2.45) is 0 Å². The van der Waals surface area contributed by atoms with Crippen LogP contribution in [0.5, 0.6) is 23.1 Å². The number of para-hydroxylation sites is 2. The van der Waals surface area contributed by atoms with Crippen LogP contribution in [0.1, 0.15) is 11.3 Å². The molecule has 0 spiro atoms. The molecule has 2 aromatic heterocycles. The Hall–Kier alpha value is -3.78. The quantitative estimate of drug-likeness (QED) is 0.413. The van der Waals surface area contributed by atoms with Crippen molar-refractivity contribution in [3.63, 3.8) is 0 Å². The van der Waals surface area contributed by atoms with Gasteiger partial charge in [-0.1, -0.05) is 24.3 Å². The number of hydrogen-bond donors (Lipinski definition) is 0. The second-order valence-electron chi connectivity index (χ2n) is 8.12. The number of benzene rings is 2. The Morgan fingerprint density at radius 2 is 1.76 bits per heavy atom. The van der Waals surface area contributed by atoms with Gasteiger partial charge < -0.3 is 18.9 Å². The van der Waals surface area contributed by atoms with E-state index < -0.39 is 0 Å². The van der Waals surface area contributed by atoms with Crippen molar-refractivity contribution in [2.75, 3.05) is 40.5 Å². The van der Waals surface area contributed by atoms with Crippen LogP contribution in [0.25, 0.3) is 16.7 Å². The van der Waals surface area contributed by atoms with Gasteiger partial charge in [0.2, 0.25) is 11.6 Å². The molecule has 0 saturated heterocycles. The largest absolute Gasteiger partial charge is 0.493 e. The van der Waals surface area contributed by atoms with Crippen molar-refractivity contribution in [1.29, 1.82) is 0 Å². The second-order valence-corrected chi connectivity index (χ2v) is 8.12. The lowest BCUT2D eigenvalue weighted by molar-refractivity contribution is 0.180. The topological polar surface area (TPSA) is 70.9 Å². The van der Waals surface area contributed by atoms with Crippen LogP contribution in [-0.2, 0) is 6.54 Å². The molecule has 0 fully saturated rings. The number of ether oxygens (including phenoxy) is 4. The lowest BCUT2D eigenvalue weighted by atomic mass is 10.2. The first-order chi connectivity index (χ1) is 16.7. The molecule has 0 N–H and O–H groups in total. The fourth-order valence-electron chi connectivity index (χ4n) is 4.21. The van der Waals surface area contributed by atoms with E-state index in [4.69, 9.17) is 29.0 Å². The molecule has 0 unspecified atom stereocenters. The van der Waals surface area contributed by atoms with Crippen LogP contribution >= 0.6 is 0 Å². The summed E-state index contributed by atoms with van der Waals surface area (Å²) in [6, 6.07) is 17.8. The van der Waals surface area contributed by atoms with Crippen LogP contribution in [0.4, 0.5) is 0 Å². The zero-order chi connectivity index (χ0) is 23.5. The molecule has 0 saturated carbocycles. The minimum absolute atomic E-state index is 0.493. The Labute approximate surface area is 198 Å². The van der Waals surface area contributed by atoms with E-state index >= 15 is 0 Å². The lowest BCUT2D eigenvalue weighted by Crippen LogP contribution is -2.30. The van der Waals surface area contributed by atoms with E-state index in [0.29, 0.717) is 36.3 Å². The number of aromatic nitrogens is 3. The molecule has 8 nitrogen and oxygen atoms in total. The molecule has 34 heavy (non-hydrogen) atoms. The summed E-state index contributed by atoms with van der Waals surface area (Å²) in [5, 5.41) is 5.76.